The van der Waals surface area contributed by atoms with Gasteiger partial charge in [-0.3, -0.25) is 10.1 Å². The van der Waals surface area contributed by atoms with Gasteiger partial charge in [0.05, 0.1) is 6.20 Å². The Morgan fingerprint density at radius 1 is 1.35 bits per heavy atom. The fraction of sp³-hybridized carbons (Fsp3) is 0.688. The number of rotatable bonds is 5. The van der Waals surface area contributed by atoms with Gasteiger partial charge in [0.15, 0.2) is 0 Å². The van der Waals surface area contributed by atoms with Gasteiger partial charge in [0.2, 0.25) is 5.91 Å². The van der Waals surface area contributed by atoms with Crippen LogP contribution in [0, 0.1) is 12.8 Å². The van der Waals surface area contributed by atoms with E-state index in [1.807, 2.05) is 23.4 Å². The Morgan fingerprint density at radius 3 is 2.83 bits per heavy atom. The number of hydrogen-bond acceptors (Lipinski definition) is 3. The normalized spacial score (nSPS) is 20.6. The van der Waals surface area contributed by atoms with Crippen LogP contribution < -0.4 is 10.6 Å². The number of likely N-dealkylation sites (tertiary alicyclic amines) is 1. The first-order chi connectivity index (χ1) is 11.1. The minimum atomic E-state index is -0.221. The van der Waals surface area contributed by atoms with E-state index >= 15 is 0 Å². The molecule has 1 aromatic rings. The fourth-order valence-corrected chi connectivity index (χ4v) is 2.98. The lowest BCUT2D eigenvalue weighted by Gasteiger charge is -2.17. The minimum absolute atomic E-state index is 0.0191. The van der Waals surface area contributed by atoms with Crippen LogP contribution >= 0.6 is 0 Å². The molecule has 2 N–H and O–H groups in total. The van der Waals surface area contributed by atoms with Crippen molar-refractivity contribution in [2.45, 2.75) is 52.1 Å². The van der Waals surface area contributed by atoms with Gasteiger partial charge in [0.1, 0.15) is 5.82 Å². The van der Waals surface area contributed by atoms with Crippen molar-refractivity contribution < 1.29 is 9.59 Å². The van der Waals surface area contributed by atoms with Gasteiger partial charge in [0.25, 0.3) is 0 Å². The first-order valence-electron chi connectivity index (χ1n) is 8.44. The summed E-state index contributed by atoms with van der Waals surface area (Å²) < 4.78 is 1.88. The molecule has 0 unspecified atom stereocenters. The molecule has 3 amide bonds. The van der Waals surface area contributed by atoms with Gasteiger partial charge in [-0.2, -0.15) is 5.10 Å². The molecule has 7 nitrogen and oxygen atoms in total. The Hall–Kier alpha value is -2.05. The van der Waals surface area contributed by atoms with Crippen molar-refractivity contribution in [2.75, 3.05) is 18.4 Å². The molecule has 1 aliphatic carbocycles. The quantitative estimate of drug-likeness (QED) is 0.867. The maximum absolute atomic E-state index is 12.3. The topological polar surface area (TPSA) is 79.3 Å². The van der Waals surface area contributed by atoms with Crippen LogP contribution in [-0.2, 0) is 11.3 Å². The van der Waals surface area contributed by atoms with Crippen molar-refractivity contribution in [1.82, 2.24) is 20.0 Å². The highest BCUT2D eigenvalue weighted by molar-refractivity contribution is 5.89. The third kappa shape index (κ3) is 3.83. The molecule has 0 aromatic carbocycles. The van der Waals surface area contributed by atoms with Gasteiger partial charge in [-0.05, 0) is 32.1 Å². The Labute approximate surface area is 136 Å². The van der Waals surface area contributed by atoms with Crippen LogP contribution in [0.5, 0.6) is 0 Å². The zero-order valence-electron chi connectivity index (χ0n) is 13.8. The number of carbonyl (C=O) groups excluding carboxylic acids is 2. The number of anilines is 1. The highest BCUT2D eigenvalue weighted by Crippen LogP contribution is 2.31. The number of carbonyl (C=O) groups is 2. The molecular weight excluding hydrogens is 294 g/mol. The van der Waals surface area contributed by atoms with Crippen LogP contribution in [-0.4, -0.2) is 45.8 Å². The Morgan fingerprint density at radius 2 is 2.13 bits per heavy atom. The molecule has 1 aromatic heterocycles. The van der Waals surface area contributed by atoms with Crippen LogP contribution in [0.25, 0.3) is 0 Å². The molecule has 126 valence electrons. The minimum Gasteiger partial charge on any atom is -0.341 e. The van der Waals surface area contributed by atoms with Crippen LogP contribution in [0.15, 0.2) is 6.20 Å². The number of hydrogen-bond donors (Lipinski definition) is 2. The Bertz CT molecular complexity index is 593. The molecule has 0 bridgehead atoms. The molecule has 0 spiro atoms. The van der Waals surface area contributed by atoms with E-state index in [-0.39, 0.29) is 18.0 Å². The number of nitrogens with zero attached hydrogens (tertiary/aromatic N) is 3. The largest absolute Gasteiger partial charge is 0.341 e. The lowest BCUT2D eigenvalue weighted by Crippen LogP contribution is -2.41. The van der Waals surface area contributed by atoms with E-state index in [9.17, 15) is 9.59 Å². The van der Waals surface area contributed by atoms with Crippen LogP contribution in [0.1, 0.15) is 38.2 Å². The summed E-state index contributed by atoms with van der Waals surface area (Å²) in [5, 5.41) is 10.2. The van der Waals surface area contributed by atoms with Crippen molar-refractivity contribution in [1.29, 1.82) is 0 Å². The van der Waals surface area contributed by atoms with Crippen LogP contribution in [0.4, 0.5) is 10.6 Å². The van der Waals surface area contributed by atoms with E-state index in [0.29, 0.717) is 18.9 Å². The van der Waals surface area contributed by atoms with Crippen molar-refractivity contribution in [3.63, 3.8) is 0 Å². The lowest BCUT2D eigenvalue weighted by atomic mass is 10.3. The first-order valence-corrected chi connectivity index (χ1v) is 8.44. The van der Waals surface area contributed by atoms with Crippen molar-refractivity contribution in [3.8, 4) is 0 Å². The van der Waals surface area contributed by atoms with Crippen LogP contribution in [0.2, 0.25) is 0 Å². The molecule has 1 aliphatic heterocycles. The lowest BCUT2D eigenvalue weighted by molar-refractivity contribution is -0.129. The molecule has 1 saturated carbocycles. The second-order valence-electron chi connectivity index (χ2n) is 6.58. The number of aromatic nitrogens is 2. The number of aryl methyl sites for hydroxylation is 1. The summed E-state index contributed by atoms with van der Waals surface area (Å²) in [7, 11) is 0. The molecule has 7 heteroatoms. The molecule has 2 aliphatic rings. The SMILES string of the molecule is CCC(=O)N1CC[C@H](NC(=O)Nc2c(C)cnn2CC2CC2)C1. The van der Waals surface area contributed by atoms with Gasteiger partial charge >= 0.3 is 6.03 Å². The van der Waals surface area contributed by atoms with E-state index in [1.165, 1.54) is 12.8 Å². The monoisotopic (exact) mass is 319 g/mol. The predicted octanol–water partition coefficient (Wildman–Crippen LogP) is 1.73. The summed E-state index contributed by atoms with van der Waals surface area (Å²) in [4.78, 5) is 25.8. The van der Waals surface area contributed by atoms with E-state index in [0.717, 1.165) is 30.9 Å². The summed E-state index contributed by atoms with van der Waals surface area (Å²) in [6.07, 6.45) is 5.59. The molecule has 2 fully saturated rings. The highest BCUT2D eigenvalue weighted by atomic mass is 16.2. The smallest absolute Gasteiger partial charge is 0.320 e. The van der Waals surface area contributed by atoms with Crippen molar-refractivity contribution >= 4 is 17.8 Å². The fourth-order valence-electron chi connectivity index (χ4n) is 2.98. The average molecular weight is 319 g/mol. The second kappa shape index (κ2) is 6.60. The first kappa shape index (κ1) is 15.8. The second-order valence-corrected chi connectivity index (χ2v) is 6.58. The maximum atomic E-state index is 12.3. The molecule has 23 heavy (non-hydrogen) atoms. The maximum Gasteiger partial charge on any atom is 0.320 e. The zero-order chi connectivity index (χ0) is 16.4. The third-order valence-electron chi connectivity index (χ3n) is 4.56. The summed E-state index contributed by atoms with van der Waals surface area (Å²) in [6, 6.07) is -0.202. The summed E-state index contributed by atoms with van der Waals surface area (Å²) in [5.74, 6) is 1.61. The van der Waals surface area contributed by atoms with Gasteiger partial charge < -0.3 is 10.2 Å². The van der Waals surface area contributed by atoms with Gasteiger partial charge in [-0.25, -0.2) is 9.48 Å². The van der Waals surface area contributed by atoms with Gasteiger partial charge in [-0.15, -0.1) is 0 Å². The Balaban J connectivity index is 1.53. The zero-order valence-corrected chi connectivity index (χ0v) is 13.8. The molecule has 1 saturated heterocycles. The number of urea groups is 1. The molecule has 1 atom stereocenters. The standard InChI is InChI=1S/C16H25N5O2/c1-3-14(22)20-7-6-13(10-20)18-16(23)19-15-11(2)8-17-21(15)9-12-4-5-12/h8,12-13H,3-7,9-10H2,1-2H3,(H2,18,19,23)/t13-/m0/s1. The molecule has 0 radical (unpaired) electrons. The third-order valence-corrected chi connectivity index (χ3v) is 4.56. The van der Waals surface area contributed by atoms with E-state index in [4.69, 9.17) is 0 Å². The van der Waals surface area contributed by atoms with Crippen molar-refractivity contribution in [2.24, 2.45) is 5.92 Å². The average Bonchev–Trinajstić information content (AvgIpc) is 3.13. The Kier molecular flexibility index (Phi) is 4.54. The van der Waals surface area contributed by atoms with Gasteiger partial charge in [0, 0.05) is 37.7 Å². The van der Waals surface area contributed by atoms with Gasteiger partial charge in [-0.1, -0.05) is 6.92 Å². The van der Waals surface area contributed by atoms with Crippen molar-refractivity contribution in [3.05, 3.63) is 11.8 Å². The molecular formula is C16H25N5O2. The van der Waals surface area contributed by atoms with E-state index in [1.54, 1.807) is 6.20 Å². The summed E-state index contributed by atoms with van der Waals surface area (Å²) in [5.41, 5.74) is 0.968. The summed E-state index contributed by atoms with van der Waals surface area (Å²) >= 11 is 0. The molecule has 2 heterocycles. The van der Waals surface area contributed by atoms with E-state index in [2.05, 4.69) is 15.7 Å². The molecule has 3 rings (SSSR count). The predicted molar refractivity (Wildman–Crippen MR) is 87.1 cm³/mol. The number of nitrogens with one attached hydrogen (secondary N) is 2. The van der Waals surface area contributed by atoms with E-state index < -0.39 is 0 Å². The van der Waals surface area contributed by atoms with Crippen LogP contribution in [0.3, 0.4) is 0 Å². The highest BCUT2D eigenvalue weighted by Gasteiger charge is 2.27. The summed E-state index contributed by atoms with van der Waals surface area (Å²) in [6.45, 7) is 5.99. The number of amides is 3.